The van der Waals surface area contributed by atoms with Crippen LogP contribution in [0.2, 0.25) is 0 Å². The first-order valence-electron chi connectivity index (χ1n) is 9.87. The minimum atomic E-state index is -0.0241. The fourth-order valence-electron chi connectivity index (χ4n) is 4.44. The molecular weight excluding hydrogens is 334 g/mol. The molecule has 4 atom stereocenters. The monoisotopic (exact) mass is 361 g/mol. The molecule has 4 nitrogen and oxygen atoms in total. The summed E-state index contributed by atoms with van der Waals surface area (Å²) in [6.45, 7) is 5.46. The Morgan fingerprint density at radius 1 is 1.22 bits per heavy atom. The molecule has 4 rings (SSSR count). The molecule has 2 aliphatic rings. The summed E-state index contributed by atoms with van der Waals surface area (Å²) in [6.07, 6.45) is 7.96. The van der Waals surface area contributed by atoms with E-state index in [1.54, 1.807) is 24.5 Å². The molecule has 2 fully saturated rings. The number of aromatic nitrogens is 1. The molecule has 1 aliphatic heterocycles. The van der Waals surface area contributed by atoms with E-state index in [4.69, 9.17) is 0 Å². The van der Waals surface area contributed by atoms with Gasteiger partial charge in [0.15, 0.2) is 0 Å². The number of likely N-dealkylation sites (tertiary alicyclic amines) is 1. The second-order valence-electron chi connectivity index (χ2n) is 7.73. The Labute approximate surface area is 161 Å². The fourth-order valence-corrected chi connectivity index (χ4v) is 4.44. The van der Waals surface area contributed by atoms with Crippen LogP contribution in [0, 0.1) is 17.8 Å². The van der Waals surface area contributed by atoms with Crippen LogP contribution in [0.4, 0.5) is 0 Å². The Morgan fingerprint density at radius 3 is 2.70 bits per heavy atom. The van der Waals surface area contributed by atoms with E-state index in [9.17, 15) is 4.79 Å². The van der Waals surface area contributed by atoms with Crippen LogP contribution in [0.15, 0.2) is 60.9 Å². The van der Waals surface area contributed by atoms with Crippen molar-refractivity contribution in [3.05, 3.63) is 72.1 Å². The fraction of sp³-hybridized carbons (Fsp3) is 0.391. The van der Waals surface area contributed by atoms with E-state index in [0.717, 1.165) is 36.3 Å². The Bertz CT molecular complexity index is 778. The van der Waals surface area contributed by atoms with Crippen LogP contribution >= 0.6 is 0 Å². The average molecular weight is 361 g/mol. The van der Waals surface area contributed by atoms with Crippen molar-refractivity contribution in [2.45, 2.75) is 19.4 Å². The lowest BCUT2D eigenvalue weighted by Crippen LogP contribution is -2.29. The summed E-state index contributed by atoms with van der Waals surface area (Å²) >= 11 is 0. The van der Waals surface area contributed by atoms with Crippen molar-refractivity contribution in [2.75, 3.05) is 19.6 Å². The quantitative estimate of drug-likeness (QED) is 0.767. The molecule has 2 aromatic rings. The zero-order valence-corrected chi connectivity index (χ0v) is 15.8. The summed E-state index contributed by atoms with van der Waals surface area (Å²) in [5, 5.41) is 3.01. The van der Waals surface area contributed by atoms with Gasteiger partial charge in [-0.1, -0.05) is 36.4 Å². The summed E-state index contributed by atoms with van der Waals surface area (Å²) in [5.41, 5.74) is 2.35. The van der Waals surface area contributed by atoms with Crippen LogP contribution in [0.3, 0.4) is 0 Å². The van der Waals surface area contributed by atoms with Gasteiger partial charge in [0.1, 0.15) is 0 Å². The molecule has 27 heavy (non-hydrogen) atoms. The molecule has 1 saturated carbocycles. The molecule has 1 N–H and O–H groups in total. The third-order valence-corrected chi connectivity index (χ3v) is 6.12. The molecule has 1 unspecified atom stereocenters. The molecular formula is C23H27N3O. The molecule has 0 radical (unpaired) electrons. The van der Waals surface area contributed by atoms with E-state index in [1.807, 2.05) is 12.1 Å². The minimum absolute atomic E-state index is 0.0241. The summed E-state index contributed by atoms with van der Waals surface area (Å²) < 4.78 is 0. The second-order valence-corrected chi connectivity index (χ2v) is 7.73. The summed E-state index contributed by atoms with van der Waals surface area (Å²) in [4.78, 5) is 18.6. The highest BCUT2D eigenvalue weighted by Gasteiger charge is 2.55. The van der Waals surface area contributed by atoms with Gasteiger partial charge < -0.3 is 5.32 Å². The third-order valence-electron chi connectivity index (χ3n) is 6.12. The van der Waals surface area contributed by atoms with Crippen molar-refractivity contribution in [3.63, 3.8) is 0 Å². The van der Waals surface area contributed by atoms with Crippen molar-refractivity contribution in [1.29, 1.82) is 0 Å². The van der Waals surface area contributed by atoms with Gasteiger partial charge in [-0.05, 0) is 54.4 Å². The van der Waals surface area contributed by atoms with Crippen LogP contribution in [0.5, 0.6) is 0 Å². The number of piperidine rings is 1. The summed E-state index contributed by atoms with van der Waals surface area (Å²) in [6, 6.07) is 15.1. The molecule has 0 bridgehead atoms. The minimum Gasteiger partial charge on any atom is -0.353 e. The maximum atomic E-state index is 11.9. The molecule has 2 heterocycles. The lowest BCUT2D eigenvalue weighted by atomic mass is 10.1. The van der Waals surface area contributed by atoms with Gasteiger partial charge in [-0.15, -0.1) is 0 Å². The molecule has 1 saturated heterocycles. The van der Waals surface area contributed by atoms with Crippen molar-refractivity contribution in [2.24, 2.45) is 17.8 Å². The number of hydrogen-bond acceptors (Lipinski definition) is 3. The predicted molar refractivity (Wildman–Crippen MR) is 108 cm³/mol. The Morgan fingerprint density at radius 2 is 2.00 bits per heavy atom. The Balaban J connectivity index is 1.16. The van der Waals surface area contributed by atoms with Gasteiger partial charge in [-0.3, -0.25) is 14.7 Å². The van der Waals surface area contributed by atoms with Gasteiger partial charge in [0.2, 0.25) is 5.91 Å². The summed E-state index contributed by atoms with van der Waals surface area (Å²) in [5.74, 6) is 2.40. The maximum absolute atomic E-state index is 11.9. The van der Waals surface area contributed by atoms with Gasteiger partial charge in [-0.25, -0.2) is 0 Å². The lowest BCUT2D eigenvalue weighted by Gasteiger charge is -2.27. The van der Waals surface area contributed by atoms with Crippen LogP contribution in [0.1, 0.15) is 30.5 Å². The first-order chi connectivity index (χ1) is 13.2. The van der Waals surface area contributed by atoms with Gasteiger partial charge in [0.05, 0.1) is 0 Å². The van der Waals surface area contributed by atoms with E-state index in [0.29, 0.717) is 6.04 Å². The smallest absolute Gasteiger partial charge is 0.244 e. The number of pyridine rings is 1. The number of carbonyl (C=O) groups excluding carboxylic acids is 1. The second kappa shape index (κ2) is 8.05. The van der Waals surface area contributed by atoms with Gasteiger partial charge in [0.25, 0.3) is 0 Å². The van der Waals surface area contributed by atoms with Gasteiger partial charge in [0, 0.05) is 44.1 Å². The lowest BCUT2D eigenvalue weighted by molar-refractivity contribution is -0.116. The van der Waals surface area contributed by atoms with Gasteiger partial charge >= 0.3 is 0 Å². The number of nitrogens with zero attached hydrogens (tertiary/aromatic N) is 2. The molecule has 4 heteroatoms. The zero-order chi connectivity index (χ0) is 18.6. The average Bonchev–Trinajstić information content (AvgIpc) is 3.16. The number of amides is 1. The van der Waals surface area contributed by atoms with Crippen LogP contribution < -0.4 is 5.32 Å². The largest absolute Gasteiger partial charge is 0.353 e. The number of carbonyl (C=O) groups is 1. The predicted octanol–water partition coefficient (Wildman–Crippen LogP) is 3.54. The Hall–Kier alpha value is -2.46. The third kappa shape index (κ3) is 4.28. The molecule has 0 spiro atoms. The van der Waals surface area contributed by atoms with Crippen LogP contribution in [-0.2, 0) is 4.79 Å². The van der Waals surface area contributed by atoms with Crippen molar-refractivity contribution >= 4 is 12.0 Å². The maximum Gasteiger partial charge on any atom is 0.244 e. The van der Waals surface area contributed by atoms with Gasteiger partial charge in [-0.2, -0.15) is 0 Å². The van der Waals surface area contributed by atoms with E-state index in [2.05, 4.69) is 52.5 Å². The summed E-state index contributed by atoms with van der Waals surface area (Å²) in [7, 11) is 0. The number of hydrogen-bond donors (Lipinski definition) is 1. The normalized spacial score (nSPS) is 25.3. The molecule has 140 valence electrons. The molecule has 1 aromatic carbocycles. The Kier molecular flexibility index (Phi) is 5.35. The first kappa shape index (κ1) is 17.9. The highest BCUT2D eigenvalue weighted by Crippen LogP contribution is 2.54. The van der Waals surface area contributed by atoms with E-state index in [1.165, 1.54) is 18.7 Å². The number of rotatable bonds is 7. The van der Waals surface area contributed by atoms with E-state index < -0.39 is 0 Å². The van der Waals surface area contributed by atoms with Crippen molar-refractivity contribution < 1.29 is 4.79 Å². The highest BCUT2D eigenvalue weighted by atomic mass is 16.1. The van der Waals surface area contributed by atoms with Crippen molar-refractivity contribution in [3.8, 4) is 0 Å². The van der Waals surface area contributed by atoms with Crippen LogP contribution in [-0.4, -0.2) is 35.4 Å². The highest BCUT2D eigenvalue weighted by molar-refractivity contribution is 5.91. The standard InChI is InChI=1S/C23H27N3O/c1-17(19-7-3-2-4-8-19)26-15-21-20(22(21)16-26)11-13-25-23(27)10-9-18-6-5-12-24-14-18/h2-10,12,14,17,20-22H,11,13,15-16H2,1H3,(H,25,27)/b10-9+/t17?,20-,21-,22+. The topological polar surface area (TPSA) is 45.2 Å². The van der Waals surface area contributed by atoms with Crippen LogP contribution in [0.25, 0.3) is 6.08 Å². The number of fused-ring (bicyclic) bond motifs is 1. The SMILES string of the molecule is CC(c1ccccc1)N1C[C@@H]2[C@@H](CCNC(=O)/C=C/c3cccnc3)[C@@H]2C1. The molecule has 1 aromatic heterocycles. The van der Waals surface area contributed by atoms with Crippen molar-refractivity contribution in [1.82, 2.24) is 15.2 Å². The molecule has 1 aliphatic carbocycles. The first-order valence-corrected chi connectivity index (χ1v) is 9.87. The van der Waals surface area contributed by atoms with E-state index in [-0.39, 0.29) is 5.91 Å². The number of nitrogens with one attached hydrogen (secondary N) is 1. The number of benzene rings is 1. The van der Waals surface area contributed by atoms with E-state index >= 15 is 0 Å². The molecule has 1 amide bonds. The zero-order valence-electron chi connectivity index (χ0n) is 15.8.